The van der Waals surface area contributed by atoms with Crippen molar-refractivity contribution in [2.24, 2.45) is 0 Å². The molecule has 1 heterocycles. The van der Waals surface area contributed by atoms with Crippen LogP contribution < -0.4 is 14.8 Å². The topological polar surface area (TPSA) is 84.9 Å². The van der Waals surface area contributed by atoms with Gasteiger partial charge in [-0.2, -0.15) is 0 Å². The monoisotopic (exact) mass is 538 g/mol. The molecule has 1 aliphatic heterocycles. The Morgan fingerprint density at radius 3 is 2.69 bits per heavy atom. The maximum Gasteiger partial charge on any atom is 0.294 e. The number of carbonyl (C=O) groups is 3. The zero-order chi connectivity index (χ0) is 23.4. The largest absolute Gasteiger partial charge is 0.492 e. The number of hydrogen-bond donors (Lipinski definition) is 1. The second kappa shape index (κ2) is 10.4. The summed E-state index contributed by atoms with van der Waals surface area (Å²) in [7, 11) is 1.53. The summed E-state index contributed by atoms with van der Waals surface area (Å²) in [5.41, 5.74) is 2.00. The standard InChI is InChI=1S/C22H20BrClN2O5S/c1-4-31-17-8-13(7-15(23)20(17)30-3)9-18-21(28)26(22(29)32-18)11-19(27)25-14-6-5-12(2)16(24)10-14/h5-10H,4,11H2,1-3H3,(H,25,27)/b18-9+. The predicted molar refractivity (Wildman–Crippen MR) is 129 cm³/mol. The lowest BCUT2D eigenvalue weighted by Gasteiger charge is -2.13. The Morgan fingerprint density at radius 1 is 1.28 bits per heavy atom. The third-order valence-electron chi connectivity index (χ3n) is 4.46. The van der Waals surface area contributed by atoms with Crippen molar-refractivity contribution in [1.82, 2.24) is 4.90 Å². The number of aryl methyl sites for hydroxylation is 1. The molecular weight excluding hydrogens is 520 g/mol. The van der Waals surface area contributed by atoms with Crippen LogP contribution in [0.15, 0.2) is 39.7 Å². The van der Waals surface area contributed by atoms with Crippen LogP contribution in [-0.4, -0.2) is 42.2 Å². The number of nitrogens with zero attached hydrogens (tertiary/aromatic N) is 1. The Kier molecular flexibility index (Phi) is 7.86. The van der Waals surface area contributed by atoms with E-state index in [2.05, 4.69) is 21.2 Å². The molecular formula is C22H20BrClN2O5S. The van der Waals surface area contributed by atoms with Crippen molar-refractivity contribution in [3.8, 4) is 11.5 Å². The summed E-state index contributed by atoms with van der Waals surface area (Å²) in [4.78, 5) is 38.7. The molecule has 0 radical (unpaired) electrons. The van der Waals surface area contributed by atoms with Gasteiger partial charge in [-0.1, -0.05) is 17.7 Å². The van der Waals surface area contributed by atoms with E-state index >= 15 is 0 Å². The van der Waals surface area contributed by atoms with Crippen LogP contribution in [0.25, 0.3) is 6.08 Å². The predicted octanol–water partition coefficient (Wildman–Crippen LogP) is 5.49. The first-order valence-corrected chi connectivity index (χ1v) is 11.5. The third kappa shape index (κ3) is 5.46. The summed E-state index contributed by atoms with van der Waals surface area (Å²) >= 11 is 10.3. The van der Waals surface area contributed by atoms with Gasteiger partial charge in [-0.05, 0) is 83.0 Å². The van der Waals surface area contributed by atoms with E-state index in [0.29, 0.717) is 38.9 Å². The molecule has 0 saturated carbocycles. The lowest BCUT2D eigenvalue weighted by Crippen LogP contribution is -2.36. The molecule has 0 unspecified atom stereocenters. The van der Waals surface area contributed by atoms with Gasteiger partial charge in [-0.25, -0.2) is 0 Å². The highest BCUT2D eigenvalue weighted by Crippen LogP contribution is 2.39. The summed E-state index contributed by atoms with van der Waals surface area (Å²) in [6.07, 6.45) is 1.58. The van der Waals surface area contributed by atoms with Crippen LogP contribution in [-0.2, 0) is 9.59 Å². The molecule has 1 fully saturated rings. The average molecular weight is 540 g/mol. The van der Waals surface area contributed by atoms with Gasteiger partial charge in [0, 0.05) is 10.7 Å². The molecule has 0 spiro atoms. The normalized spacial score (nSPS) is 14.8. The third-order valence-corrected chi connectivity index (χ3v) is 6.37. The molecule has 168 valence electrons. The van der Waals surface area contributed by atoms with E-state index in [-0.39, 0.29) is 4.91 Å². The van der Waals surface area contributed by atoms with Crippen LogP contribution >= 0.6 is 39.3 Å². The number of nitrogens with one attached hydrogen (secondary N) is 1. The summed E-state index contributed by atoms with van der Waals surface area (Å²) in [6, 6.07) is 8.55. The van der Waals surface area contributed by atoms with Crippen LogP contribution in [0.2, 0.25) is 5.02 Å². The Balaban J connectivity index is 1.76. The fourth-order valence-electron chi connectivity index (χ4n) is 2.93. The molecule has 2 aromatic rings. The van der Waals surface area contributed by atoms with E-state index < -0.39 is 23.6 Å². The van der Waals surface area contributed by atoms with E-state index in [1.807, 2.05) is 13.8 Å². The van der Waals surface area contributed by atoms with Crippen molar-refractivity contribution in [3.05, 3.63) is 55.9 Å². The Morgan fingerprint density at radius 2 is 2.03 bits per heavy atom. The van der Waals surface area contributed by atoms with E-state index in [1.54, 1.807) is 36.4 Å². The summed E-state index contributed by atoms with van der Waals surface area (Å²) < 4.78 is 11.6. The molecule has 0 aromatic heterocycles. The van der Waals surface area contributed by atoms with Crippen LogP contribution in [0.5, 0.6) is 11.5 Å². The molecule has 7 nitrogen and oxygen atoms in total. The van der Waals surface area contributed by atoms with Gasteiger partial charge in [0.25, 0.3) is 11.1 Å². The maximum atomic E-state index is 12.8. The fraction of sp³-hybridized carbons (Fsp3) is 0.227. The number of methoxy groups -OCH3 is 1. The van der Waals surface area contributed by atoms with Gasteiger partial charge < -0.3 is 14.8 Å². The number of carbonyl (C=O) groups excluding carboxylic acids is 3. The summed E-state index contributed by atoms with van der Waals surface area (Å²) in [6.45, 7) is 3.73. The first-order valence-electron chi connectivity index (χ1n) is 9.55. The van der Waals surface area contributed by atoms with E-state index in [9.17, 15) is 14.4 Å². The van der Waals surface area contributed by atoms with E-state index in [4.69, 9.17) is 21.1 Å². The van der Waals surface area contributed by atoms with Crippen LogP contribution in [0.3, 0.4) is 0 Å². The summed E-state index contributed by atoms with van der Waals surface area (Å²) in [5, 5.41) is 2.64. The van der Waals surface area contributed by atoms with Crippen LogP contribution in [0.1, 0.15) is 18.1 Å². The molecule has 2 aromatic carbocycles. The van der Waals surface area contributed by atoms with Gasteiger partial charge in [0.15, 0.2) is 11.5 Å². The van der Waals surface area contributed by atoms with Crippen molar-refractivity contribution >= 4 is 68.1 Å². The lowest BCUT2D eigenvalue weighted by atomic mass is 10.2. The molecule has 32 heavy (non-hydrogen) atoms. The van der Waals surface area contributed by atoms with Crippen molar-refractivity contribution in [3.63, 3.8) is 0 Å². The summed E-state index contributed by atoms with van der Waals surface area (Å²) in [5.74, 6) is -0.00254. The van der Waals surface area contributed by atoms with Crippen molar-refractivity contribution in [1.29, 1.82) is 0 Å². The van der Waals surface area contributed by atoms with E-state index in [0.717, 1.165) is 22.2 Å². The second-order valence-electron chi connectivity index (χ2n) is 6.75. The average Bonchev–Trinajstić information content (AvgIpc) is 2.98. The van der Waals surface area contributed by atoms with E-state index in [1.165, 1.54) is 7.11 Å². The highest BCUT2D eigenvalue weighted by molar-refractivity contribution is 9.10. The molecule has 1 saturated heterocycles. The number of hydrogen-bond acceptors (Lipinski definition) is 6. The number of imide groups is 1. The second-order valence-corrected chi connectivity index (χ2v) is 9.00. The molecule has 1 N–H and O–H groups in total. The molecule has 3 rings (SSSR count). The molecule has 0 aliphatic carbocycles. The quantitative estimate of drug-likeness (QED) is 0.468. The minimum Gasteiger partial charge on any atom is -0.492 e. The highest BCUT2D eigenvalue weighted by atomic mass is 79.9. The molecule has 1 aliphatic rings. The zero-order valence-electron chi connectivity index (χ0n) is 17.5. The lowest BCUT2D eigenvalue weighted by molar-refractivity contribution is -0.127. The number of rotatable bonds is 7. The first kappa shape index (κ1) is 24.2. The van der Waals surface area contributed by atoms with Gasteiger partial charge in [-0.3, -0.25) is 19.3 Å². The van der Waals surface area contributed by atoms with Crippen molar-refractivity contribution in [2.75, 3.05) is 25.6 Å². The fourth-order valence-corrected chi connectivity index (χ4v) is 4.58. The van der Waals surface area contributed by atoms with Gasteiger partial charge in [0.05, 0.1) is 23.1 Å². The Hall–Kier alpha value is -2.49. The van der Waals surface area contributed by atoms with Gasteiger partial charge in [0.2, 0.25) is 5.91 Å². The number of amides is 3. The number of ether oxygens (including phenoxy) is 2. The van der Waals surface area contributed by atoms with Crippen LogP contribution in [0, 0.1) is 6.92 Å². The maximum absolute atomic E-state index is 12.8. The highest BCUT2D eigenvalue weighted by Gasteiger charge is 2.36. The number of thioether (sulfide) groups is 1. The number of anilines is 1. The SMILES string of the molecule is CCOc1cc(/C=C2/SC(=O)N(CC(=O)Nc3ccc(C)c(Cl)c3)C2=O)cc(Br)c1OC. The molecule has 10 heteroatoms. The van der Waals surface area contributed by atoms with Crippen LogP contribution in [0.4, 0.5) is 10.5 Å². The first-order chi connectivity index (χ1) is 15.2. The Labute approximate surface area is 203 Å². The minimum atomic E-state index is -0.540. The molecule has 0 atom stereocenters. The molecule has 0 bridgehead atoms. The number of halogens is 2. The smallest absolute Gasteiger partial charge is 0.294 e. The van der Waals surface area contributed by atoms with Gasteiger partial charge in [0.1, 0.15) is 6.54 Å². The molecule has 3 amide bonds. The van der Waals surface area contributed by atoms with Gasteiger partial charge >= 0.3 is 0 Å². The van der Waals surface area contributed by atoms with Gasteiger partial charge in [-0.15, -0.1) is 0 Å². The zero-order valence-corrected chi connectivity index (χ0v) is 20.7. The van der Waals surface area contributed by atoms with Crippen molar-refractivity contribution < 1.29 is 23.9 Å². The minimum absolute atomic E-state index is 0.209. The Bertz CT molecular complexity index is 1120. The van der Waals surface area contributed by atoms with Crippen molar-refractivity contribution in [2.45, 2.75) is 13.8 Å². The number of benzene rings is 2.